The molecule has 1 N–H and O–H groups in total. The van der Waals surface area contributed by atoms with Gasteiger partial charge in [0, 0.05) is 44.2 Å². The number of pyridine rings is 1. The van der Waals surface area contributed by atoms with E-state index in [1.807, 2.05) is 6.07 Å². The number of nitrogens with one attached hydrogen (secondary N) is 1. The van der Waals surface area contributed by atoms with Gasteiger partial charge in [-0.05, 0) is 43.6 Å². The highest BCUT2D eigenvalue weighted by atomic mass is 19.4. The molecule has 2 atom stereocenters. The molecule has 0 radical (unpaired) electrons. The van der Waals surface area contributed by atoms with Gasteiger partial charge < -0.3 is 19.7 Å². The summed E-state index contributed by atoms with van der Waals surface area (Å²) >= 11 is 0. The summed E-state index contributed by atoms with van der Waals surface area (Å²) in [7, 11) is 0. The number of rotatable bonds is 9. The Labute approximate surface area is 193 Å². The number of alkyl halides is 3. The zero-order valence-corrected chi connectivity index (χ0v) is 19.0. The Morgan fingerprint density at radius 2 is 1.97 bits per heavy atom. The third-order valence-electron chi connectivity index (χ3n) is 6.77. The average Bonchev–Trinajstić information content (AvgIpc) is 3.63. The van der Waals surface area contributed by atoms with Gasteiger partial charge in [-0.3, -0.25) is 4.79 Å². The van der Waals surface area contributed by atoms with Crippen molar-refractivity contribution in [2.75, 3.05) is 32.8 Å². The van der Waals surface area contributed by atoms with Gasteiger partial charge in [0.2, 0.25) is 11.8 Å². The van der Waals surface area contributed by atoms with E-state index in [1.165, 1.54) is 18.9 Å². The van der Waals surface area contributed by atoms with Crippen LogP contribution >= 0.6 is 0 Å². The Morgan fingerprint density at radius 1 is 1.15 bits per heavy atom. The Balaban J connectivity index is 1.14. The molecule has 0 unspecified atom stereocenters. The predicted molar refractivity (Wildman–Crippen MR) is 117 cm³/mol. The van der Waals surface area contributed by atoms with Gasteiger partial charge in [0.1, 0.15) is 0 Å². The van der Waals surface area contributed by atoms with Gasteiger partial charge in [-0.2, -0.15) is 13.2 Å². The molecular formula is C24H34F3N3O3. The van der Waals surface area contributed by atoms with E-state index in [4.69, 9.17) is 9.47 Å². The molecule has 4 rings (SSSR count). The van der Waals surface area contributed by atoms with Crippen LogP contribution in [0.5, 0.6) is 5.88 Å². The average molecular weight is 470 g/mol. The maximum atomic E-state index is 12.4. The molecule has 1 aromatic heterocycles. The van der Waals surface area contributed by atoms with Gasteiger partial charge in [0.25, 0.3) is 0 Å². The first-order valence-electron chi connectivity index (χ1n) is 12.2. The smallest absolute Gasteiger partial charge is 0.422 e. The molecular weight excluding hydrogens is 435 g/mol. The molecule has 184 valence electrons. The predicted octanol–water partition coefficient (Wildman–Crippen LogP) is 3.67. The Morgan fingerprint density at radius 3 is 2.70 bits per heavy atom. The zero-order valence-electron chi connectivity index (χ0n) is 19.0. The second-order valence-electron chi connectivity index (χ2n) is 9.57. The van der Waals surface area contributed by atoms with E-state index in [0.29, 0.717) is 19.4 Å². The SMILES string of the molecule is O=C(CCC1CC1)N[C@H]1CC[C@H](CCN2CCc3ccc(OCC(F)(F)F)nc3CC2)OC1. The van der Waals surface area contributed by atoms with E-state index >= 15 is 0 Å². The summed E-state index contributed by atoms with van der Waals surface area (Å²) in [5.74, 6) is 0.957. The van der Waals surface area contributed by atoms with Crippen LogP contribution in [0.3, 0.4) is 0 Å². The number of carbonyl (C=O) groups excluding carboxylic acids is 1. The number of ether oxygens (including phenoxy) is 2. The fourth-order valence-corrected chi connectivity index (χ4v) is 4.58. The van der Waals surface area contributed by atoms with Crippen LogP contribution in [0.15, 0.2) is 12.1 Å². The monoisotopic (exact) mass is 469 g/mol. The third-order valence-corrected chi connectivity index (χ3v) is 6.77. The summed E-state index contributed by atoms with van der Waals surface area (Å²) in [5, 5.41) is 3.11. The van der Waals surface area contributed by atoms with E-state index in [2.05, 4.69) is 15.2 Å². The highest BCUT2D eigenvalue weighted by Gasteiger charge is 2.29. The van der Waals surface area contributed by atoms with Crippen LogP contribution in [-0.4, -0.2) is 67.0 Å². The summed E-state index contributed by atoms with van der Waals surface area (Å²) in [4.78, 5) is 18.7. The van der Waals surface area contributed by atoms with Crippen LogP contribution in [-0.2, 0) is 22.4 Å². The number of carbonyl (C=O) groups is 1. The molecule has 1 aliphatic carbocycles. The molecule has 1 saturated heterocycles. The van der Waals surface area contributed by atoms with Crippen LogP contribution in [0.2, 0.25) is 0 Å². The Bertz CT molecular complexity index is 793. The molecule has 0 bridgehead atoms. The summed E-state index contributed by atoms with van der Waals surface area (Å²) in [6.07, 6.45) is 4.39. The van der Waals surface area contributed by atoms with Gasteiger partial charge in [0.05, 0.1) is 18.8 Å². The lowest BCUT2D eigenvalue weighted by molar-refractivity contribution is -0.154. The largest absolute Gasteiger partial charge is 0.468 e. The molecule has 9 heteroatoms. The maximum absolute atomic E-state index is 12.4. The number of fused-ring (bicyclic) bond motifs is 1. The lowest BCUT2D eigenvalue weighted by Crippen LogP contribution is -2.43. The van der Waals surface area contributed by atoms with E-state index in [1.54, 1.807) is 0 Å². The first kappa shape index (κ1) is 24.3. The molecule has 3 heterocycles. The molecule has 6 nitrogen and oxygen atoms in total. The number of amides is 1. The van der Waals surface area contributed by atoms with Crippen molar-refractivity contribution in [1.29, 1.82) is 0 Å². The van der Waals surface area contributed by atoms with Crippen molar-refractivity contribution in [1.82, 2.24) is 15.2 Å². The first-order chi connectivity index (χ1) is 15.8. The lowest BCUT2D eigenvalue weighted by atomic mass is 10.0. The van der Waals surface area contributed by atoms with Crippen molar-refractivity contribution < 1.29 is 27.4 Å². The van der Waals surface area contributed by atoms with Gasteiger partial charge in [-0.25, -0.2) is 4.98 Å². The van der Waals surface area contributed by atoms with Crippen LogP contribution in [0.4, 0.5) is 13.2 Å². The normalized spacial score (nSPS) is 24.1. The number of hydrogen-bond donors (Lipinski definition) is 1. The fraction of sp³-hybridized carbons (Fsp3) is 0.750. The molecule has 1 amide bonds. The summed E-state index contributed by atoms with van der Waals surface area (Å²) < 4.78 is 48.0. The minimum absolute atomic E-state index is 0.0318. The molecule has 2 aliphatic heterocycles. The Hall–Kier alpha value is -1.87. The van der Waals surface area contributed by atoms with Crippen LogP contribution < -0.4 is 10.1 Å². The molecule has 1 aromatic rings. The van der Waals surface area contributed by atoms with E-state index < -0.39 is 12.8 Å². The molecule has 2 fully saturated rings. The van der Waals surface area contributed by atoms with E-state index in [9.17, 15) is 18.0 Å². The molecule has 33 heavy (non-hydrogen) atoms. The van der Waals surface area contributed by atoms with Crippen molar-refractivity contribution in [3.8, 4) is 5.88 Å². The third kappa shape index (κ3) is 8.14. The minimum atomic E-state index is -4.37. The second kappa shape index (κ2) is 11.0. The highest BCUT2D eigenvalue weighted by Crippen LogP contribution is 2.33. The van der Waals surface area contributed by atoms with Crippen LogP contribution in [0.1, 0.15) is 56.2 Å². The van der Waals surface area contributed by atoms with E-state index in [-0.39, 0.29) is 23.9 Å². The molecule has 0 spiro atoms. The summed E-state index contributed by atoms with van der Waals surface area (Å²) in [6.45, 7) is 1.88. The van der Waals surface area contributed by atoms with Gasteiger partial charge >= 0.3 is 6.18 Å². The van der Waals surface area contributed by atoms with Crippen LogP contribution in [0, 0.1) is 5.92 Å². The summed E-state index contributed by atoms with van der Waals surface area (Å²) in [6, 6.07) is 3.48. The summed E-state index contributed by atoms with van der Waals surface area (Å²) in [5.41, 5.74) is 1.90. The van der Waals surface area contributed by atoms with Crippen molar-refractivity contribution in [3.63, 3.8) is 0 Å². The quantitative estimate of drug-likeness (QED) is 0.598. The molecule has 0 aromatic carbocycles. The van der Waals surface area contributed by atoms with Crippen molar-refractivity contribution in [3.05, 3.63) is 23.4 Å². The number of hydrogen-bond acceptors (Lipinski definition) is 5. The van der Waals surface area contributed by atoms with Crippen molar-refractivity contribution in [2.45, 2.75) is 76.1 Å². The van der Waals surface area contributed by atoms with Crippen LogP contribution in [0.25, 0.3) is 0 Å². The van der Waals surface area contributed by atoms with Crippen molar-refractivity contribution >= 4 is 5.91 Å². The number of aromatic nitrogens is 1. The van der Waals surface area contributed by atoms with E-state index in [0.717, 1.165) is 68.9 Å². The zero-order chi connectivity index (χ0) is 23.3. The van der Waals surface area contributed by atoms with Gasteiger partial charge in [-0.1, -0.05) is 18.9 Å². The van der Waals surface area contributed by atoms with Gasteiger partial charge in [0.15, 0.2) is 6.61 Å². The van der Waals surface area contributed by atoms with Crippen molar-refractivity contribution in [2.24, 2.45) is 5.92 Å². The molecule has 1 saturated carbocycles. The minimum Gasteiger partial charge on any atom is -0.468 e. The number of halogens is 3. The number of nitrogens with zero attached hydrogens (tertiary/aromatic N) is 2. The second-order valence-corrected chi connectivity index (χ2v) is 9.57. The topological polar surface area (TPSA) is 63.7 Å². The highest BCUT2D eigenvalue weighted by molar-refractivity contribution is 5.76. The lowest BCUT2D eigenvalue weighted by Gasteiger charge is -2.31. The standard InChI is InChI=1S/C24H34F3N3O3/c25-24(26,27)16-33-23-8-4-18-9-12-30(14-11-21(18)29-23)13-10-20-6-5-19(15-32-20)28-22(31)7-3-17-1-2-17/h4,8,17,19-20H,1-3,5-7,9-16H2,(H,28,31)/t19-,20+/m0/s1. The first-order valence-corrected chi connectivity index (χ1v) is 12.2. The van der Waals surface area contributed by atoms with Gasteiger partial charge in [-0.15, -0.1) is 0 Å². The Kier molecular flexibility index (Phi) is 8.11. The fourth-order valence-electron chi connectivity index (χ4n) is 4.58. The molecule has 3 aliphatic rings. The maximum Gasteiger partial charge on any atom is 0.422 e.